The Hall–Kier alpha value is -2.78. The molecule has 7 nitrogen and oxygen atoms in total. The van der Waals surface area contributed by atoms with E-state index in [0.29, 0.717) is 28.8 Å². The molecule has 0 amide bonds. The molecule has 3 rings (SSSR count). The van der Waals surface area contributed by atoms with Gasteiger partial charge in [-0.3, -0.25) is 4.98 Å². The Bertz CT molecular complexity index is 1060. The van der Waals surface area contributed by atoms with Crippen LogP contribution in [0.1, 0.15) is 10.5 Å². The number of methoxy groups -OCH3 is 2. The normalized spacial score (nSPS) is 11.7. The van der Waals surface area contributed by atoms with Crippen molar-refractivity contribution in [1.29, 1.82) is 0 Å². The van der Waals surface area contributed by atoms with Gasteiger partial charge in [0.15, 0.2) is 5.69 Å². The lowest BCUT2D eigenvalue weighted by molar-refractivity contribution is 0.0585. The molecule has 0 unspecified atom stereocenters. The maximum Gasteiger partial charge on any atom is 0.359 e. The molecule has 0 saturated heterocycles. The molecule has 0 aliphatic rings. The predicted molar refractivity (Wildman–Crippen MR) is 115 cm³/mol. The molecule has 0 fully saturated rings. The number of aromatic nitrogens is 3. The van der Waals surface area contributed by atoms with Crippen molar-refractivity contribution < 1.29 is 23.4 Å². The zero-order valence-electron chi connectivity index (χ0n) is 17.9. The standard InChI is InChI=1S/C21H26FN3O4Si/c1-27-17-8-6-7-15(22)18(17)14-11-23-12-16-19(14)20(21(26)28-2)24-25(16)13-29-9-10-30(3,4)5/h6-8,11-12H,9-10,13H2,1-5H3. The molecule has 1 aromatic carbocycles. The van der Waals surface area contributed by atoms with Crippen LogP contribution < -0.4 is 4.74 Å². The smallest absolute Gasteiger partial charge is 0.359 e. The molecule has 160 valence electrons. The Labute approximate surface area is 175 Å². The van der Waals surface area contributed by atoms with Crippen molar-refractivity contribution in [3.8, 4) is 16.9 Å². The van der Waals surface area contributed by atoms with Gasteiger partial charge in [-0.25, -0.2) is 13.9 Å². The van der Waals surface area contributed by atoms with Gasteiger partial charge >= 0.3 is 5.97 Å². The first-order valence-corrected chi connectivity index (χ1v) is 13.3. The zero-order valence-corrected chi connectivity index (χ0v) is 18.9. The number of hydrogen-bond donors (Lipinski definition) is 0. The van der Waals surface area contributed by atoms with Crippen molar-refractivity contribution in [2.75, 3.05) is 20.8 Å². The Morgan fingerprint density at radius 2 is 1.97 bits per heavy atom. The fourth-order valence-electron chi connectivity index (χ4n) is 3.11. The second kappa shape index (κ2) is 8.93. The minimum atomic E-state index is -1.23. The number of halogens is 1. The van der Waals surface area contributed by atoms with Crippen LogP contribution in [-0.4, -0.2) is 49.6 Å². The summed E-state index contributed by atoms with van der Waals surface area (Å²) < 4.78 is 32.4. The van der Waals surface area contributed by atoms with Crippen LogP contribution in [0.2, 0.25) is 25.7 Å². The maximum absolute atomic E-state index is 14.8. The number of carbonyl (C=O) groups excluding carboxylic acids is 1. The molecule has 0 saturated carbocycles. The Morgan fingerprint density at radius 3 is 2.63 bits per heavy atom. The van der Waals surface area contributed by atoms with Gasteiger partial charge in [-0.05, 0) is 18.2 Å². The summed E-state index contributed by atoms with van der Waals surface area (Å²) in [6.45, 7) is 7.56. The number of carbonyl (C=O) groups is 1. The highest BCUT2D eigenvalue weighted by Gasteiger charge is 2.25. The van der Waals surface area contributed by atoms with Gasteiger partial charge in [0, 0.05) is 31.8 Å². The zero-order chi connectivity index (χ0) is 21.9. The summed E-state index contributed by atoms with van der Waals surface area (Å²) in [4.78, 5) is 16.7. The van der Waals surface area contributed by atoms with Gasteiger partial charge in [0.1, 0.15) is 18.3 Å². The highest BCUT2D eigenvalue weighted by molar-refractivity contribution is 6.76. The molecule has 3 aromatic rings. The van der Waals surface area contributed by atoms with Crippen LogP contribution in [0.15, 0.2) is 30.6 Å². The third-order valence-electron chi connectivity index (χ3n) is 4.71. The van der Waals surface area contributed by atoms with Crippen molar-refractivity contribution >= 4 is 24.9 Å². The molecular weight excluding hydrogens is 405 g/mol. The van der Waals surface area contributed by atoms with Crippen LogP contribution in [0, 0.1) is 5.82 Å². The monoisotopic (exact) mass is 431 g/mol. The number of ether oxygens (including phenoxy) is 3. The Morgan fingerprint density at radius 1 is 1.20 bits per heavy atom. The average molecular weight is 432 g/mol. The molecule has 0 radical (unpaired) electrons. The summed E-state index contributed by atoms with van der Waals surface area (Å²) in [7, 11) is 1.51. The van der Waals surface area contributed by atoms with Crippen molar-refractivity contribution in [3.05, 3.63) is 42.1 Å². The SMILES string of the molecule is COC(=O)c1nn(COCC[Si](C)(C)C)c2cncc(-c3c(F)cccc3OC)c12. The van der Waals surface area contributed by atoms with Gasteiger partial charge in [0.25, 0.3) is 0 Å². The van der Waals surface area contributed by atoms with Crippen LogP contribution in [0.4, 0.5) is 4.39 Å². The summed E-state index contributed by atoms with van der Waals surface area (Å²) in [6.07, 6.45) is 3.07. The van der Waals surface area contributed by atoms with E-state index in [2.05, 4.69) is 29.7 Å². The second-order valence-electron chi connectivity index (χ2n) is 8.09. The predicted octanol–water partition coefficient (Wildman–Crippen LogP) is 4.34. The molecule has 2 heterocycles. The van der Waals surface area contributed by atoms with Gasteiger partial charge in [-0.15, -0.1) is 0 Å². The van der Waals surface area contributed by atoms with Crippen LogP contribution in [-0.2, 0) is 16.2 Å². The van der Waals surface area contributed by atoms with Crippen LogP contribution >= 0.6 is 0 Å². The number of fused-ring (bicyclic) bond motifs is 1. The lowest BCUT2D eigenvalue weighted by atomic mass is 10.0. The molecule has 2 aromatic heterocycles. The summed E-state index contributed by atoms with van der Waals surface area (Å²) in [5, 5.41) is 4.83. The van der Waals surface area contributed by atoms with Gasteiger partial charge < -0.3 is 14.2 Å². The number of rotatable bonds is 8. The fraction of sp³-hybridized carbons (Fsp3) is 0.381. The number of hydrogen-bond acceptors (Lipinski definition) is 6. The molecule has 0 aliphatic carbocycles. The van der Waals surface area contributed by atoms with Gasteiger partial charge in [0.2, 0.25) is 0 Å². The third-order valence-corrected chi connectivity index (χ3v) is 6.42. The van der Waals surface area contributed by atoms with Crippen LogP contribution in [0.5, 0.6) is 5.75 Å². The summed E-state index contributed by atoms with van der Waals surface area (Å²) >= 11 is 0. The quantitative estimate of drug-likeness (QED) is 0.300. The second-order valence-corrected chi connectivity index (χ2v) is 13.7. The van der Waals surface area contributed by atoms with Gasteiger partial charge in [-0.2, -0.15) is 5.10 Å². The number of esters is 1. The minimum absolute atomic E-state index is 0.0732. The van der Waals surface area contributed by atoms with Crippen molar-refractivity contribution in [2.45, 2.75) is 32.4 Å². The van der Waals surface area contributed by atoms with E-state index >= 15 is 0 Å². The van der Waals surface area contributed by atoms with E-state index in [9.17, 15) is 9.18 Å². The maximum atomic E-state index is 14.8. The van der Waals surface area contributed by atoms with E-state index in [1.54, 1.807) is 23.0 Å². The Kier molecular flexibility index (Phi) is 6.52. The van der Waals surface area contributed by atoms with Crippen LogP contribution in [0.25, 0.3) is 22.0 Å². The lowest BCUT2D eigenvalue weighted by Crippen LogP contribution is -2.22. The first-order chi connectivity index (χ1) is 14.3. The molecule has 9 heteroatoms. The summed E-state index contributed by atoms with van der Waals surface area (Å²) in [5.41, 5.74) is 1.23. The first kappa shape index (κ1) is 21.9. The molecular formula is C21H26FN3O4Si. The van der Waals surface area contributed by atoms with Crippen LogP contribution in [0.3, 0.4) is 0 Å². The van der Waals surface area contributed by atoms with E-state index in [1.807, 2.05) is 0 Å². The molecule has 0 spiro atoms. The molecule has 0 bridgehead atoms. The van der Waals surface area contributed by atoms with E-state index < -0.39 is 19.9 Å². The minimum Gasteiger partial charge on any atom is -0.496 e. The van der Waals surface area contributed by atoms with E-state index in [-0.39, 0.29) is 18.0 Å². The highest BCUT2D eigenvalue weighted by atomic mass is 28.3. The molecule has 0 atom stereocenters. The van der Waals surface area contributed by atoms with Gasteiger partial charge in [0.05, 0.1) is 31.5 Å². The number of pyridine rings is 1. The molecule has 0 aliphatic heterocycles. The lowest BCUT2D eigenvalue weighted by Gasteiger charge is -2.15. The van der Waals surface area contributed by atoms with Crippen molar-refractivity contribution in [2.24, 2.45) is 0 Å². The number of benzene rings is 1. The van der Waals surface area contributed by atoms with Crippen molar-refractivity contribution in [1.82, 2.24) is 14.8 Å². The molecule has 0 N–H and O–H groups in total. The average Bonchev–Trinajstić information content (AvgIpc) is 3.08. The first-order valence-electron chi connectivity index (χ1n) is 9.60. The topological polar surface area (TPSA) is 75.5 Å². The highest BCUT2D eigenvalue weighted by Crippen LogP contribution is 2.38. The van der Waals surface area contributed by atoms with E-state index in [0.717, 1.165) is 6.04 Å². The summed E-state index contributed by atoms with van der Waals surface area (Å²) in [5.74, 6) is -0.776. The molecule has 30 heavy (non-hydrogen) atoms. The summed E-state index contributed by atoms with van der Waals surface area (Å²) in [6, 6.07) is 5.55. The van der Waals surface area contributed by atoms with Gasteiger partial charge in [-0.1, -0.05) is 25.7 Å². The van der Waals surface area contributed by atoms with E-state index in [1.165, 1.54) is 26.5 Å². The fourth-order valence-corrected chi connectivity index (χ4v) is 3.87. The van der Waals surface area contributed by atoms with Crippen molar-refractivity contribution in [3.63, 3.8) is 0 Å². The third kappa shape index (κ3) is 4.52. The Balaban J connectivity index is 2.11. The number of nitrogens with zero attached hydrogens (tertiary/aromatic N) is 3. The van der Waals surface area contributed by atoms with E-state index in [4.69, 9.17) is 14.2 Å². The largest absolute Gasteiger partial charge is 0.496 e.